The molecule has 3 aromatic rings. The Bertz CT molecular complexity index is 1110. The third-order valence-electron chi connectivity index (χ3n) is 5.79. The number of furan rings is 1. The maximum atomic E-state index is 13.1. The summed E-state index contributed by atoms with van der Waals surface area (Å²) >= 11 is 0. The number of nitrogens with one attached hydrogen (secondary N) is 1. The molecule has 6 N–H and O–H groups in total. The summed E-state index contributed by atoms with van der Waals surface area (Å²) in [5.41, 5.74) is 15.0. The van der Waals surface area contributed by atoms with Gasteiger partial charge in [0.2, 0.25) is 5.88 Å². The third kappa shape index (κ3) is 4.23. The van der Waals surface area contributed by atoms with Gasteiger partial charge in [0.1, 0.15) is 11.1 Å². The van der Waals surface area contributed by atoms with Crippen molar-refractivity contribution in [2.24, 2.45) is 11.7 Å². The van der Waals surface area contributed by atoms with Gasteiger partial charge in [0.05, 0.1) is 30.4 Å². The first kappa shape index (κ1) is 22.0. The number of carbonyl (C=O) groups excluding carboxylic acids is 1. The quantitative estimate of drug-likeness (QED) is 0.454. The molecule has 0 spiro atoms. The summed E-state index contributed by atoms with van der Waals surface area (Å²) in [5, 5.41) is 13.0. The SMILES string of the molecule is CC1CN(c2ccncc2NC(=O)c2c(N)oc3cc(CCCF)cnc23)CC(N)C1O. The number of aliphatic hydroxyl groups excluding tert-OH is 1. The Labute approximate surface area is 184 Å². The second-order valence-electron chi connectivity index (χ2n) is 8.21. The summed E-state index contributed by atoms with van der Waals surface area (Å²) in [5.74, 6) is -0.552. The van der Waals surface area contributed by atoms with Crippen LogP contribution in [0.25, 0.3) is 11.1 Å². The van der Waals surface area contributed by atoms with E-state index in [1.54, 1.807) is 30.7 Å². The number of halogens is 1. The number of hydrogen-bond acceptors (Lipinski definition) is 8. The van der Waals surface area contributed by atoms with Gasteiger partial charge in [-0.15, -0.1) is 0 Å². The molecule has 1 fully saturated rings. The van der Waals surface area contributed by atoms with Crippen molar-refractivity contribution in [1.29, 1.82) is 0 Å². The van der Waals surface area contributed by atoms with Crippen LogP contribution in [-0.2, 0) is 6.42 Å². The van der Waals surface area contributed by atoms with Crippen LogP contribution in [0.2, 0.25) is 0 Å². The fourth-order valence-corrected chi connectivity index (χ4v) is 4.12. The van der Waals surface area contributed by atoms with Crippen molar-refractivity contribution < 1.29 is 18.7 Å². The number of anilines is 3. The van der Waals surface area contributed by atoms with Gasteiger partial charge in [0, 0.05) is 37.4 Å². The Morgan fingerprint density at radius 3 is 2.97 bits per heavy atom. The number of pyridine rings is 2. The highest BCUT2D eigenvalue weighted by atomic mass is 19.1. The number of nitrogens with two attached hydrogens (primary N) is 2. The molecule has 4 rings (SSSR count). The maximum absolute atomic E-state index is 13.1. The van der Waals surface area contributed by atoms with E-state index in [1.165, 1.54) is 0 Å². The number of alkyl halides is 1. The number of nitrogen functional groups attached to an aromatic ring is 1. The van der Waals surface area contributed by atoms with Crippen LogP contribution < -0.4 is 21.7 Å². The van der Waals surface area contributed by atoms with Gasteiger partial charge in [0.15, 0.2) is 5.58 Å². The van der Waals surface area contributed by atoms with E-state index in [-0.39, 0.29) is 17.4 Å². The van der Waals surface area contributed by atoms with Crippen LogP contribution in [-0.4, -0.2) is 52.9 Å². The predicted molar refractivity (Wildman–Crippen MR) is 120 cm³/mol. The zero-order valence-corrected chi connectivity index (χ0v) is 17.8. The smallest absolute Gasteiger partial charge is 0.263 e. The highest BCUT2D eigenvalue weighted by Crippen LogP contribution is 2.32. The predicted octanol–water partition coefficient (Wildman–Crippen LogP) is 2.10. The van der Waals surface area contributed by atoms with Crippen LogP contribution >= 0.6 is 0 Å². The Hall–Kier alpha value is -3.24. The van der Waals surface area contributed by atoms with Gasteiger partial charge in [-0.3, -0.25) is 19.2 Å². The van der Waals surface area contributed by atoms with E-state index in [4.69, 9.17) is 15.9 Å². The monoisotopic (exact) mass is 442 g/mol. The number of aromatic nitrogens is 2. The van der Waals surface area contributed by atoms with E-state index in [1.807, 2.05) is 11.8 Å². The van der Waals surface area contributed by atoms with E-state index in [9.17, 15) is 14.3 Å². The van der Waals surface area contributed by atoms with Crippen molar-refractivity contribution in [3.8, 4) is 0 Å². The molecule has 3 unspecified atom stereocenters. The number of piperidine rings is 1. The number of nitrogens with zero attached hydrogens (tertiary/aromatic N) is 3. The molecule has 3 aromatic heterocycles. The number of fused-ring (bicyclic) bond motifs is 1. The second-order valence-corrected chi connectivity index (χ2v) is 8.21. The minimum Gasteiger partial charge on any atom is -0.438 e. The Kier molecular flexibility index (Phi) is 6.24. The number of aryl methyl sites for hydroxylation is 1. The lowest BCUT2D eigenvalue weighted by atomic mass is 9.92. The number of carbonyl (C=O) groups is 1. The highest BCUT2D eigenvalue weighted by molar-refractivity contribution is 6.15. The fourth-order valence-electron chi connectivity index (χ4n) is 4.12. The van der Waals surface area contributed by atoms with E-state index < -0.39 is 24.7 Å². The molecule has 1 aliphatic rings. The first-order valence-corrected chi connectivity index (χ1v) is 10.6. The molecular weight excluding hydrogens is 415 g/mol. The van der Waals surface area contributed by atoms with E-state index in [0.717, 1.165) is 11.3 Å². The molecule has 0 bridgehead atoms. The summed E-state index contributed by atoms with van der Waals surface area (Å²) in [6, 6.07) is 3.11. The van der Waals surface area contributed by atoms with Crippen LogP contribution in [0.3, 0.4) is 0 Å². The number of aliphatic hydroxyl groups is 1. The molecule has 4 heterocycles. The Balaban J connectivity index is 1.60. The van der Waals surface area contributed by atoms with Gasteiger partial charge in [-0.05, 0) is 30.5 Å². The molecule has 1 saturated heterocycles. The topological polar surface area (TPSA) is 144 Å². The Morgan fingerprint density at radius 2 is 2.22 bits per heavy atom. The van der Waals surface area contributed by atoms with Crippen molar-refractivity contribution in [3.05, 3.63) is 41.9 Å². The molecule has 0 aromatic carbocycles. The van der Waals surface area contributed by atoms with Gasteiger partial charge >= 0.3 is 0 Å². The molecule has 0 radical (unpaired) electrons. The molecular formula is C22H27FN6O3. The summed E-state index contributed by atoms with van der Waals surface area (Å²) in [4.78, 5) is 23.6. The summed E-state index contributed by atoms with van der Waals surface area (Å²) in [7, 11) is 0. The number of hydrogen-bond donors (Lipinski definition) is 4. The summed E-state index contributed by atoms with van der Waals surface area (Å²) in [6.45, 7) is 2.54. The standard InChI is InChI=1S/C22H27FN6O3/c1-12-10-29(11-14(24)20(12)30)16-4-6-26-9-15(16)28-22(31)18-19-17(32-21(18)25)7-13(8-27-19)3-2-5-23/h4,6-9,12,14,20,30H,2-3,5,10-11,24-25H2,1H3,(H,28,31). The lowest BCUT2D eigenvalue weighted by Crippen LogP contribution is -2.55. The lowest BCUT2D eigenvalue weighted by molar-refractivity contribution is 0.0785. The molecule has 0 saturated carbocycles. The molecule has 32 heavy (non-hydrogen) atoms. The van der Waals surface area contributed by atoms with Crippen molar-refractivity contribution in [3.63, 3.8) is 0 Å². The molecule has 10 heteroatoms. The average Bonchev–Trinajstić information content (AvgIpc) is 3.11. The van der Waals surface area contributed by atoms with Gasteiger partial charge in [0.25, 0.3) is 5.91 Å². The second kappa shape index (κ2) is 9.09. The first-order valence-electron chi connectivity index (χ1n) is 10.6. The van der Waals surface area contributed by atoms with Crippen molar-refractivity contribution >= 4 is 34.3 Å². The van der Waals surface area contributed by atoms with Crippen molar-refractivity contribution in [1.82, 2.24) is 9.97 Å². The summed E-state index contributed by atoms with van der Waals surface area (Å²) in [6.07, 6.45) is 5.11. The molecule has 170 valence electrons. The fraction of sp³-hybridized carbons (Fsp3) is 0.409. The van der Waals surface area contributed by atoms with Gasteiger partial charge < -0.3 is 31.2 Å². The maximum Gasteiger partial charge on any atom is 0.263 e. The van der Waals surface area contributed by atoms with Gasteiger partial charge in [-0.2, -0.15) is 0 Å². The molecule has 3 atom stereocenters. The largest absolute Gasteiger partial charge is 0.438 e. The van der Waals surface area contributed by atoms with E-state index in [2.05, 4.69) is 15.3 Å². The Morgan fingerprint density at radius 1 is 1.41 bits per heavy atom. The first-order chi connectivity index (χ1) is 15.4. The number of rotatable bonds is 6. The molecule has 1 amide bonds. The van der Waals surface area contributed by atoms with Crippen molar-refractivity contribution in [2.75, 3.05) is 35.7 Å². The van der Waals surface area contributed by atoms with Crippen molar-refractivity contribution in [2.45, 2.75) is 31.9 Å². The minimum atomic E-state index is -0.580. The van der Waals surface area contributed by atoms with Crippen LogP contribution in [0.1, 0.15) is 29.3 Å². The van der Waals surface area contributed by atoms with Gasteiger partial charge in [-0.25, -0.2) is 0 Å². The molecule has 9 nitrogen and oxygen atoms in total. The lowest BCUT2D eigenvalue weighted by Gasteiger charge is -2.40. The van der Waals surface area contributed by atoms with E-state index >= 15 is 0 Å². The van der Waals surface area contributed by atoms with Crippen LogP contribution in [0.5, 0.6) is 0 Å². The zero-order valence-electron chi connectivity index (χ0n) is 17.8. The summed E-state index contributed by atoms with van der Waals surface area (Å²) < 4.78 is 18.0. The average molecular weight is 442 g/mol. The molecule has 1 aliphatic heterocycles. The molecule has 0 aliphatic carbocycles. The third-order valence-corrected chi connectivity index (χ3v) is 5.79. The van der Waals surface area contributed by atoms with E-state index in [0.29, 0.717) is 42.7 Å². The van der Waals surface area contributed by atoms with Crippen LogP contribution in [0, 0.1) is 5.92 Å². The zero-order chi connectivity index (χ0) is 22.8. The normalized spacial score (nSPS) is 21.1. The minimum absolute atomic E-state index is 0.0280. The van der Waals surface area contributed by atoms with Crippen LogP contribution in [0.15, 0.2) is 35.1 Å². The van der Waals surface area contributed by atoms with Crippen LogP contribution in [0.4, 0.5) is 21.6 Å². The van der Waals surface area contributed by atoms with Gasteiger partial charge in [-0.1, -0.05) is 6.92 Å². The highest BCUT2D eigenvalue weighted by Gasteiger charge is 2.32. The number of amides is 1.